The van der Waals surface area contributed by atoms with Gasteiger partial charge in [0.15, 0.2) is 5.72 Å². The minimum atomic E-state index is -1.24. The molecule has 0 aromatic heterocycles. The van der Waals surface area contributed by atoms with E-state index in [0.717, 1.165) is 0 Å². The third-order valence-corrected chi connectivity index (χ3v) is 3.75. The van der Waals surface area contributed by atoms with Gasteiger partial charge in [-0.15, -0.1) is 0 Å². The second-order valence-corrected chi connectivity index (χ2v) is 4.96. The number of allylic oxidation sites excluding steroid dienone is 1. The maximum absolute atomic E-state index is 12.0. The van der Waals surface area contributed by atoms with Gasteiger partial charge in [-0.25, -0.2) is 4.79 Å². The summed E-state index contributed by atoms with van der Waals surface area (Å²) in [7, 11) is 0. The Morgan fingerprint density at radius 2 is 2.44 bits per heavy atom. The van der Waals surface area contributed by atoms with Crippen molar-refractivity contribution in [2.24, 2.45) is 5.92 Å². The van der Waals surface area contributed by atoms with Gasteiger partial charge >= 0.3 is 5.97 Å². The summed E-state index contributed by atoms with van der Waals surface area (Å²) < 4.78 is 16.1. The first-order valence-corrected chi connectivity index (χ1v) is 6.20. The van der Waals surface area contributed by atoms with E-state index in [1.165, 1.54) is 0 Å². The standard InChI is InChI=1S/C12H17NO5/c1-3-16-10(14)9-6(2)13-12(15)4-7(9)8-5-17-11(12)18-8/h7-8,11,13,15H,3-5H2,1-2H3/t7-,8+,11+,12-/m0/s1. The molecule has 18 heavy (non-hydrogen) atoms. The summed E-state index contributed by atoms with van der Waals surface area (Å²) in [6.45, 7) is 4.27. The van der Waals surface area contributed by atoms with E-state index in [-0.39, 0.29) is 18.0 Å². The molecule has 6 nitrogen and oxygen atoms in total. The third-order valence-electron chi connectivity index (χ3n) is 3.75. The van der Waals surface area contributed by atoms with Crippen LogP contribution in [0.5, 0.6) is 0 Å². The van der Waals surface area contributed by atoms with Crippen LogP contribution >= 0.6 is 0 Å². The average molecular weight is 255 g/mol. The Hall–Kier alpha value is -1.11. The summed E-state index contributed by atoms with van der Waals surface area (Å²) >= 11 is 0. The van der Waals surface area contributed by atoms with Crippen LogP contribution in [0.2, 0.25) is 0 Å². The van der Waals surface area contributed by atoms with E-state index in [9.17, 15) is 9.90 Å². The highest BCUT2D eigenvalue weighted by molar-refractivity contribution is 5.90. The van der Waals surface area contributed by atoms with Gasteiger partial charge in [0.2, 0.25) is 6.29 Å². The molecule has 3 aliphatic rings. The number of fused-ring (bicyclic) bond motifs is 6. The fourth-order valence-corrected chi connectivity index (χ4v) is 3.03. The van der Waals surface area contributed by atoms with Crippen molar-refractivity contribution in [3.05, 3.63) is 11.3 Å². The molecule has 2 saturated heterocycles. The van der Waals surface area contributed by atoms with Gasteiger partial charge in [0.25, 0.3) is 0 Å². The van der Waals surface area contributed by atoms with Crippen LogP contribution in [0, 0.1) is 5.92 Å². The number of esters is 1. The largest absolute Gasteiger partial charge is 0.463 e. The van der Waals surface area contributed by atoms with Gasteiger partial charge in [-0.3, -0.25) is 0 Å². The molecule has 4 atom stereocenters. The molecule has 6 heteroatoms. The molecule has 0 unspecified atom stereocenters. The summed E-state index contributed by atoms with van der Waals surface area (Å²) in [5, 5.41) is 13.4. The Morgan fingerprint density at radius 1 is 1.67 bits per heavy atom. The van der Waals surface area contributed by atoms with E-state index in [2.05, 4.69) is 5.32 Å². The van der Waals surface area contributed by atoms with Gasteiger partial charge in [-0.05, 0) is 13.8 Å². The number of nitrogens with one attached hydrogen (secondary N) is 1. The molecule has 3 aliphatic heterocycles. The molecular formula is C12H17NO5. The first-order valence-electron chi connectivity index (χ1n) is 6.20. The van der Waals surface area contributed by atoms with E-state index < -0.39 is 12.0 Å². The molecule has 3 heterocycles. The summed E-state index contributed by atoms with van der Waals surface area (Å²) in [5.41, 5.74) is -0.0240. The lowest BCUT2D eigenvalue weighted by atomic mass is 9.80. The van der Waals surface area contributed by atoms with Crippen molar-refractivity contribution >= 4 is 5.97 Å². The zero-order chi connectivity index (χ0) is 12.9. The Morgan fingerprint density at radius 3 is 3.17 bits per heavy atom. The quantitative estimate of drug-likeness (QED) is 0.670. The number of carbonyl (C=O) groups excluding carboxylic acids is 1. The molecule has 0 amide bonds. The lowest BCUT2D eigenvalue weighted by Crippen LogP contribution is -2.62. The number of hydrogen-bond acceptors (Lipinski definition) is 6. The van der Waals surface area contributed by atoms with Crippen LogP contribution in [0.3, 0.4) is 0 Å². The molecule has 2 N–H and O–H groups in total. The van der Waals surface area contributed by atoms with E-state index in [0.29, 0.717) is 30.9 Å². The lowest BCUT2D eigenvalue weighted by molar-refractivity contribution is -0.236. The first kappa shape index (κ1) is 12.0. The second kappa shape index (κ2) is 3.94. The van der Waals surface area contributed by atoms with Gasteiger partial charge in [-0.1, -0.05) is 0 Å². The molecule has 2 fully saturated rings. The second-order valence-electron chi connectivity index (χ2n) is 4.96. The number of ether oxygens (including phenoxy) is 3. The van der Waals surface area contributed by atoms with Crippen molar-refractivity contribution in [1.82, 2.24) is 5.32 Å². The number of aliphatic hydroxyl groups is 1. The summed E-state index contributed by atoms with van der Waals surface area (Å²) in [6.07, 6.45) is -0.419. The van der Waals surface area contributed by atoms with Crippen molar-refractivity contribution in [2.45, 2.75) is 38.4 Å². The molecule has 0 aromatic carbocycles. The predicted octanol–water partition coefficient (Wildman–Crippen LogP) is -0.123. The molecule has 0 radical (unpaired) electrons. The number of carbonyl (C=O) groups is 1. The third kappa shape index (κ3) is 1.56. The topological polar surface area (TPSA) is 77.0 Å². The summed E-state index contributed by atoms with van der Waals surface area (Å²) in [5.74, 6) is -0.516. The van der Waals surface area contributed by atoms with Crippen molar-refractivity contribution in [2.75, 3.05) is 13.2 Å². The lowest BCUT2D eigenvalue weighted by Gasteiger charge is -2.45. The summed E-state index contributed by atoms with van der Waals surface area (Å²) in [4.78, 5) is 12.0. The molecule has 0 saturated carbocycles. The van der Waals surface area contributed by atoms with E-state index >= 15 is 0 Å². The Labute approximate surface area is 105 Å². The van der Waals surface area contributed by atoms with Crippen molar-refractivity contribution in [1.29, 1.82) is 0 Å². The first-order chi connectivity index (χ1) is 8.55. The molecule has 0 spiro atoms. The van der Waals surface area contributed by atoms with Crippen LogP contribution in [-0.2, 0) is 19.0 Å². The van der Waals surface area contributed by atoms with E-state index in [4.69, 9.17) is 14.2 Å². The van der Waals surface area contributed by atoms with Gasteiger partial charge in [-0.2, -0.15) is 0 Å². The van der Waals surface area contributed by atoms with Crippen molar-refractivity contribution in [3.8, 4) is 0 Å². The fraction of sp³-hybridized carbons (Fsp3) is 0.750. The van der Waals surface area contributed by atoms with Gasteiger partial charge in [0, 0.05) is 18.0 Å². The smallest absolute Gasteiger partial charge is 0.336 e. The Balaban J connectivity index is 1.97. The molecule has 4 bridgehead atoms. The average Bonchev–Trinajstić information content (AvgIpc) is 2.73. The minimum absolute atomic E-state index is 0.172. The zero-order valence-electron chi connectivity index (χ0n) is 10.4. The highest BCUT2D eigenvalue weighted by Gasteiger charge is 2.57. The van der Waals surface area contributed by atoms with Crippen molar-refractivity contribution in [3.63, 3.8) is 0 Å². The van der Waals surface area contributed by atoms with Crippen molar-refractivity contribution < 1.29 is 24.1 Å². The van der Waals surface area contributed by atoms with Crippen LogP contribution in [0.15, 0.2) is 11.3 Å². The molecule has 0 aromatic rings. The Kier molecular flexibility index (Phi) is 2.62. The maximum Gasteiger partial charge on any atom is 0.336 e. The highest BCUT2D eigenvalue weighted by atomic mass is 16.7. The van der Waals surface area contributed by atoms with Crippen LogP contribution in [0.1, 0.15) is 20.3 Å². The number of rotatable bonds is 2. The summed E-state index contributed by atoms with van der Waals surface area (Å²) in [6, 6.07) is 0. The monoisotopic (exact) mass is 255 g/mol. The van der Waals surface area contributed by atoms with Crippen LogP contribution in [0.25, 0.3) is 0 Å². The zero-order valence-corrected chi connectivity index (χ0v) is 10.4. The molecule has 100 valence electrons. The molecule has 3 rings (SSSR count). The van der Waals surface area contributed by atoms with Crippen LogP contribution < -0.4 is 5.32 Å². The van der Waals surface area contributed by atoms with Gasteiger partial charge in [0.1, 0.15) is 0 Å². The Bertz CT molecular complexity index is 421. The van der Waals surface area contributed by atoms with Crippen LogP contribution in [-0.4, -0.2) is 42.4 Å². The highest BCUT2D eigenvalue weighted by Crippen LogP contribution is 2.44. The fourth-order valence-electron chi connectivity index (χ4n) is 3.03. The maximum atomic E-state index is 12.0. The van der Waals surface area contributed by atoms with Crippen LogP contribution in [0.4, 0.5) is 0 Å². The predicted molar refractivity (Wildman–Crippen MR) is 60.1 cm³/mol. The normalized spacial score (nSPS) is 41.6. The molecule has 0 aliphatic carbocycles. The van der Waals surface area contributed by atoms with Gasteiger partial charge in [0.05, 0.1) is 24.9 Å². The minimum Gasteiger partial charge on any atom is -0.463 e. The molecular weight excluding hydrogens is 238 g/mol. The number of hydrogen-bond donors (Lipinski definition) is 2. The van der Waals surface area contributed by atoms with Gasteiger partial charge < -0.3 is 24.6 Å². The van der Waals surface area contributed by atoms with E-state index in [1.807, 2.05) is 0 Å². The SMILES string of the molecule is CCOC(=O)C1=C(C)N[C@]2(O)C[C@H]1[C@H]1CO[C@@H]2O1. The van der Waals surface area contributed by atoms with E-state index in [1.54, 1.807) is 13.8 Å².